The molecular weight excluding hydrogens is 338 g/mol. The number of sulfonamides is 1. The summed E-state index contributed by atoms with van der Waals surface area (Å²) >= 11 is 0. The van der Waals surface area contributed by atoms with Gasteiger partial charge in [0.15, 0.2) is 0 Å². The van der Waals surface area contributed by atoms with Crippen LogP contribution in [0.3, 0.4) is 0 Å². The third kappa shape index (κ3) is 4.91. The second kappa shape index (κ2) is 8.63. The van der Waals surface area contributed by atoms with Crippen molar-refractivity contribution in [2.45, 2.75) is 23.8 Å². The number of benzene rings is 1. The summed E-state index contributed by atoms with van der Waals surface area (Å²) in [6.45, 7) is 1.64. The predicted octanol–water partition coefficient (Wildman–Crippen LogP) is 0.939. The van der Waals surface area contributed by atoms with Gasteiger partial charge in [0.1, 0.15) is 0 Å². The molecule has 0 aliphatic carbocycles. The van der Waals surface area contributed by atoms with E-state index in [2.05, 4.69) is 5.32 Å². The standard InChI is InChI=1S/C15H23N3O3S.ClH/c1-17(22(20,21)14-6-4-3-5-7-14)12-15(19)18(2)13-8-10-16-11-9-13;/h3-7,13,16H,8-12H2,1-2H3;1H. The molecule has 1 aromatic rings. The van der Waals surface area contributed by atoms with Crippen LogP contribution >= 0.6 is 12.4 Å². The van der Waals surface area contributed by atoms with E-state index >= 15 is 0 Å². The van der Waals surface area contributed by atoms with Crippen molar-refractivity contribution in [3.8, 4) is 0 Å². The lowest BCUT2D eigenvalue weighted by Crippen LogP contribution is -2.47. The van der Waals surface area contributed by atoms with E-state index in [-0.39, 0.29) is 35.8 Å². The minimum absolute atomic E-state index is 0. The average Bonchev–Trinajstić information content (AvgIpc) is 2.55. The zero-order valence-electron chi connectivity index (χ0n) is 13.4. The number of carbonyl (C=O) groups excluding carboxylic acids is 1. The van der Waals surface area contributed by atoms with Gasteiger partial charge in [-0.2, -0.15) is 4.31 Å². The molecule has 0 atom stereocenters. The molecule has 1 heterocycles. The van der Waals surface area contributed by atoms with E-state index in [1.807, 2.05) is 0 Å². The first-order valence-electron chi connectivity index (χ1n) is 7.40. The summed E-state index contributed by atoms with van der Waals surface area (Å²) in [7, 11) is -0.433. The molecule has 0 saturated carbocycles. The molecule has 1 fully saturated rings. The Hall–Kier alpha value is -1.15. The second-order valence-corrected chi connectivity index (χ2v) is 7.60. The first kappa shape index (κ1) is 19.9. The van der Waals surface area contributed by atoms with E-state index in [1.165, 1.54) is 19.2 Å². The average molecular weight is 362 g/mol. The molecule has 0 radical (unpaired) electrons. The van der Waals surface area contributed by atoms with Crippen molar-refractivity contribution < 1.29 is 13.2 Å². The van der Waals surface area contributed by atoms with Crippen LogP contribution in [0.1, 0.15) is 12.8 Å². The molecule has 1 saturated heterocycles. The van der Waals surface area contributed by atoms with Crippen LogP contribution in [0.5, 0.6) is 0 Å². The van der Waals surface area contributed by atoms with Gasteiger partial charge in [0.05, 0.1) is 11.4 Å². The van der Waals surface area contributed by atoms with Gasteiger partial charge in [-0.15, -0.1) is 12.4 Å². The monoisotopic (exact) mass is 361 g/mol. The van der Waals surface area contributed by atoms with Crippen LogP contribution in [0.25, 0.3) is 0 Å². The molecule has 1 aliphatic heterocycles. The highest BCUT2D eigenvalue weighted by Crippen LogP contribution is 2.15. The van der Waals surface area contributed by atoms with E-state index in [0.717, 1.165) is 30.2 Å². The largest absolute Gasteiger partial charge is 0.342 e. The van der Waals surface area contributed by atoms with Crippen LogP contribution in [0.2, 0.25) is 0 Å². The first-order valence-corrected chi connectivity index (χ1v) is 8.84. The fourth-order valence-corrected chi connectivity index (χ4v) is 3.70. The molecule has 6 nitrogen and oxygen atoms in total. The summed E-state index contributed by atoms with van der Waals surface area (Å²) in [5.74, 6) is -0.172. The van der Waals surface area contributed by atoms with E-state index < -0.39 is 10.0 Å². The van der Waals surface area contributed by atoms with Gasteiger partial charge in [-0.1, -0.05) is 18.2 Å². The summed E-state index contributed by atoms with van der Waals surface area (Å²) in [6, 6.07) is 8.35. The van der Waals surface area contributed by atoms with Crippen LogP contribution in [0.15, 0.2) is 35.2 Å². The number of rotatable bonds is 5. The van der Waals surface area contributed by atoms with Crippen molar-refractivity contribution in [2.75, 3.05) is 33.7 Å². The fourth-order valence-electron chi connectivity index (χ4n) is 2.56. The number of carbonyl (C=O) groups is 1. The molecule has 1 amide bonds. The Balaban J connectivity index is 0.00000264. The molecule has 0 spiro atoms. The van der Waals surface area contributed by atoms with Crippen LogP contribution in [-0.4, -0.2) is 63.3 Å². The summed E-state index contributed by atoms with van der Waals surface area (Å²) in [6.07, 6.45) is 1.80. The summed E-state index contributed by atoms with van der Waals surface area (Å²) in [5.41, 5.74) is 0. The zero-order valence-corrected chi connectivity index (χ0v) is 15.1. The highest BCUT2D eigenvalue weighted by molar-refractivity contribution is 7.89. The van der Waals surface area contributed by atoms with Crippen molar-refractivity contribution in [3.63, 3.8) is 0 Å². The van der Waals surface area contributed by atoms with Gasteiger partial charge in [-0.05, 0) is 38.1 Å². The summed E-state index contributed by atoms with van der Waals surface area (Å²) < 4.78 is 25.9. The number of hydrogen-bond donors (Lipinski definition) is 1. The van der Waals surface area contributed by atoms with Crippen LogP contribution in [-0.2, 0) is 14.8 Å². The Bertz CT molecular complexity index is 604. The van der Waals surface area contributed by atoms with Crippen LogP contribution in [0.4, 0.5) is 0 Å². The lowest BCUT2D eigenvalue weighted by atomic mass is 10.1. The van der Waals surface area contributed by atoms with E-state index in [9.17, 15) is 13.2 Å². The summed E-state index contributed by atoms with van der Waals surface area (Å²) in [4.78, 5) is 14.2. The van der Waals surface area contributed by atoms with Gasteiger partial charge in [-0.25, -0.2) is 8.42 Å². The lowest BCUT2D eigenvalue weighted by molar-refractivity contribution is -0.132. The van der Waals surface area contributed by atoms with Gasteiger partial charge in [0, 0.05) is 20.1 Å². The topological polar surface area (TPSA) is 69.7 Å². The number of amides is 1. The smallest absolute Gasteiger partial charge is 0.243 e. The molecular formula is C15H24ClN3O3S. The number of halogens is 1. The van der Waals surface area contributed by atoms with Crippen molar-refractivity contribution in [1.29, 1.82) is 0 Å². The first-order chi connectivity index (χ1) is 10.4. The van der Waals surface area contributed by atoms with E-state index in [4.69, 9.17) is 0 Å². The molecule has 130 valence electrons. The molecule has 1 aromatic carbocycles. The molecule has 0 bridgehead atoms. The number of piperidine rings is 1. The SMILES string of the molecule is CN(C(=O)CN(C)S(=O)(=O)c1ccccc1)C1CCNCC1.Cl. The molecule has 8 heteroatoms. The van der Waals surface area contributed by atoms with Crippen molar-refractivity contribution in [3.05, 3.63) is 30.3 Å². The maximum atomic E-state index is 12.4. The highest BCUT2D eigenvalue weighted by atomic mass is 35.5. The maximum absolute atomic E-state index is 12.4. The quantitative estimate of drug-likeness (QED) is 0.847. The predicted molar refractivity (Wildman–Crippen MR) is 92.2 cm³/mol. The normalized spacial score (nSPS) is 16.0. The zero-order chi connectivity index (χ0) is 16.2. The highest BCUT2D eigenvalue weighted by Gasteiger charge is 2.27. The van der Waals surface area contributed by atoms with Gasteiger partial charge < -0.3 is 10.2 Å². The molecule has 0 aromatic heterocycles. The van der Waals surface area contributed by atoms with Crippen molar-refractivity contribution in [1.82, 2.24) is 14.5 Å². The third-order valence-electron chi connectivity index (χ3n) is 4.06. The Labute approximate surface area is 144 Å². The maximum Gasteiger partial charge on any atom is 0.243 e. The van der Waals surface area contributed by atoms with Crippen molar-refractivity contribution >= 4 is 28.3 Å². The minimum atomic E-state index is -3.62. The van der Waals surface area contributed by atoms with E-state index in [0.29, 0.717) is 0 Å². The fraction of sp³-hybridized carbons (Fsp3) is 0.533. The Morgan fingerprint density at radius 2 is 1.74 bits per heavy atom. The van der Waals surface area contributed by atoms with Crippen LogP contribution < -0.4 is 5.32 Å². The Morgan fingerprint density at radius 1 is 1.17 bits per heavy atom. The summed E-state index contributed by atoms with van der Waals surface area (Å²) in [5, 5.41) is 3.25. The van der Waals surface area contributed by atoms with Gasteiger partial charge in [0.2, 0.25) is 15.9 Å². The lowest BCUT2D eigenvalue weighted by Gasteiger charge is -2.32. The van der Waals surface area contributed by atoms with Gasteiger partial charge in [-0.3, -0.25) is 4.79 Å². The van der Waals surface area contributed by atoms with Gasteiger partial charge >= 0.3 is 0 Å². The van der Waals surface area contributed by atoms with Crippen molar-refractivity contribution in [2.24, 2.45) is 0 Å². The van der Waals surface area contributed by atoms with E-state index in [1.54, 1.807) is 30.1 Å². The van der Waals surface area contributed by atoms with Crippen LogP contribution in [0, 0.1) is 0 Å². The number of likely N-dealkylation sites (N-methyl/N-ethyl adjacent to an activating group) is 2. The molecule has 2 rings (SSSR count). The second-order valence-electron chi connectivity index (χ2n) is 5.56. The number of nitrogens with one attached hydrogen (secondary N) is 1. The Morgan fingerprint density at radius 3 is 2.30 bits per heavy atom. The van der Waals surface area contributed by atoms with Gasteiger partial charge in [0.25, 0.3) is 0 Å². The third-order valence-corrected chi connectivity index (χ3v) is 5.88. The molecule has 0 unspecified atom stereocenters. The molecule has 23 heavy (non-hydrogen) atoms. The molecule has 1 aliphatic rings. The number of hydrogen-bond acceptors (Lipinski definition) is 4. The minimum Gasteiger partial charge on any atom is -0.342 e. The molecule has 1 N–H and O–H groups in total. The Kier molecular flexibility index (Phi) is 7.47. The number of nitrogens with zero attached hydrogens (tertiary/aromatic N) is 2.